The van der Waals surface area contributed by atoms with Crippen molar-refractivity contribution in [2.75, 3.05) is 12.3 Å². The number of aryl methyl sites for hydroxylation is 1. The summed E-state index contributed by atoms with van der Waals surface area (Å²) in [5, 5.41) is 3.68. The summed E-state index contributed by atoms with van der Waals surface area (Å²) in [6, 6.07) is 4.96. The number of nitrogens with one attached hydrogen (secondary N) is 1. The highest BCUT2D eigenvalue weighted by Gasteiger charge is 2.29. The van der Waals surface area contributed by atoms with Crippen molar-refractivity contribution in [1.29, 1.82) is 0 Å². The molecule has 3 heteroatoms. The highest BCUT2D eigenvalue weighted by molar-refractivity contribution is 8.00. The number of hydrogen-bond donors (Lipinski definition) is 1. The van der Waals surface area contributed by atoms with Crippen LogP contribution in [0, 0.1) is 6.92 Å². The molecule has 1 aliphatic rings. The van der Waals surface area contributed by atoms with Crippen molar-refractivity contribution in [2.24, 2.45) is 0 Å². The summed E-state index contributed by atoms with van der Waals surface area (Å²) in [7, 11) is 0. The SMILES string of the molecule is Cc1ccc(C(C)NCC2(C)CCCS2)s1. The Kier molecular flexibility index (Phi) is 3.98. The van der Waals surface area contributed by atoms with Crippen molar-refractivity contribution < 1.29 is 0 Å². The van der Waals surface area contributed by atoms with Crippen LogP contribution in [0.5, 0.6) is 0 Å². The van der Waals surface area contributed by atoms with Crippen LogP contribution >= 0.6 is 23.1 Å². The third-order valence-corrected chi connectivity index (χ3v) is 5.99. The van der Waals surface area contributed by atoms with Gasteiger partial charge in [-0.1, -0.05) is 0 Å². The van der Waals surface area contributed by atoms with Gasteiger partial charge in [-0.3, -0.25) is 0 Å². The van der Waals surface area contributed by atoms with Crippen LogP contribution in [0.1, 0.15) is 42.5 Å². The van der Waals surface area contributed by atoms with Crippen molar-refractivity contribution >= 4 is 23.1 Å². The summed E-state index contributed by atoms with van der Waals surface area (Å²) in [5.74, 6) is 1.34. The molecule has 0 aromatic carbocycles. The first-order valence-corrected chi connectivity index (χ1v) is 7.83. The van der Waals surface area contributed by atoms with E-state index in [1.165, 1.54) is 28.3 Å². The Balaban J connectivity index is 1.86. The maximum atomic E-state index is 3.68. The van der Waals surface area contributed by atoms with Crippen LogP contribution in [0.4, 0.5) is 0 Å². The van der Waals surface area contributed by atoms with E-state index in [2.05, 4.69) is 50.0 Å². The third kappa shape index (κ3) is 3.02. The van der Waals surface area contributed by atoms with Crippen LogP contribution in [-0.4, -0.2) is 17.0 Å². The second kappa shape index (κ2) is 5.11. The predicted octanol–water partition coefficient (Wildman–Crippen LogP) is 3.99. The summed E-state index contributed by atoms with van der Waals surface area (Å²) in [6.07, 6.45) is 2.75. The fourth-order valence-electron chi connectivity index (χ4n) is 2.13. The quantitative estimate of drug-likeness (QED) is 0.873. The van der Waals surface area contributed by atoms with E-state index >= 15 is 0 Å². The summed E-state index contributed by atoms with van der Waals surface area (Å²) in [5.41, 5.74) is 0. The van der Waals surface area contributed by atoms with Gasteiger partial charge in [-0.2, -0.15) is 11.8 Å². The van der Waals surface area contributed by atoms with Gasteiger partial charge in [0.25, 0.3) is 0 Å². The minimum atomic E-state index is 0.473. The smallest absolute Gasteiger partial charge is 0.0386 e. The van der Waals surface area contributed by atoms with E-state index in [1.54, 1.807) is 0 Å². The summed E-state index contributed by atoms with van der Waals surface area (Å²) < 4.78 is 0.473. The molecule has 1 N–H and O–H groups in total. The van der Waals surface area contributed by atoms with Gasteiger partial charge in [-0.05, 0) is 51.5 Å². The van der Waals surface area contributed by atoms with Crippen molar-refractivity contribution in [3.05, 3.63) is 21.9 Å². The van der Waals surface area contributed by atoms with E-state index in [9.17, 15) is 0 Å². The van der Waals surface area contributed by atoms with Gasteiger partial charge in [0, 0.05) is 27.1 Å². The Morgan fingerprint density at radius 2 is 2.31 bits per heavy atom. The largest absolute Gasteiger partial charge is 0.308 e. The number of rotatable bonds is 4. The summed E-state index contributed by atoms with van der Waals surface area (Å²) in [4.78, 5) is 2.87. The second-order valence-electron chi connectivity index (χ2n) is 4.95. The van der Waals surface area contributed by atoms with Gasteiger partial charge in [0.15, 0.2) is 0 Å². The van der Waals surface area contributed by atoms with Crippen LogP contribution < -0.4 is 5.32 Å². The van der Waals surface area contributed by atoms with Crippen molar-refractivity contribution in [3.63, 3.8) is 0 Å². The number of thioether (sulfide) groups is 1. The van der Waals surface area contributed by atoms with Gasteiger partial charge < -0.3 is 5.32 Å². The first-order chi connectivity index (χ1) is 7.59. The molecule has 1 aliphatic heterocycles. The molecule has 0 aliphatic carbocycles. The van der Waals surface area contributed by atoms with Crippen LogP contribution in [0.3, 0.4) is 0 Å². The molecule has 90 valence electrons. The zero-order valence-corrected chi connectivity index (χ0v) is 12.0. The van der Waals surface area contributed by atoms with Gasteiger partial charge in [0.05, 0.1) is 0 Å². The number of thiophene rings is 1. The van der Waals surface area contributed by atoms with Crippen molar-refractivity contribution in [3.8, 4) is 0 Å². The Bertz CT molecular complexity index is 339. The molecule has 0 saturated carbocycles. The van der Waals surface area contributed by atoms with Gasteiger partial charge >= 0.3 is 0 Å². The van der Waals surface area contributed by atoms with Gasteiger partial charge in [0.1, 0.15) is 0 Å². The first kappa shape index (κ1) is 12.5. The van der Waals surface area contributed by atoms with Crippen molar-refractivity contribution in [2.45, 2.75) is 44.4 Å². The van der Waals surface area contributed by atoms with Gasteiger partial charge in [0.2, 0.25) is 0 Å². The molecule has 2 rings (SSSR count). The zero-order chi connectivity index (χ0) is 11.6. The second-order valence-corrected chi connectivity index (χ2v) is 7.95. The molecule has 0 amide bonds. The lowest BCUT2D eigenvalue weighted by Crippen LogP contribution is -2.34. The van der Waals surface area contributed by atoms with E-state index in [0.29, 0.717) is 10.8 Å². The van der Waals surface area contributed by atoms with E-state index in [0.717, 1.165) is 6.54 Å². The lowest BCUT2D eigenvalue weighted by Gasteiger charge is -2.25. The van der Waals surface area contributed by atoms with E-state index < -0.39 is 0 Å². The molecule has 1 nitrogen and oxygen atoms in total. The average molecular weight is 255 g/mol. The van der Waals surface area contributed by atoms with Crippen LogP contribution in [0.15, 0.2) is 12.1 Å². The minimum Gasteiger partial charge on any atom is -0.308 e. The summed E-state index contributed by atoms with van der Waals surface area (Å²) >= 11 is 4.04. The topological polar surface area (TPSA) is 12.0 Å². The third-order valence-electron chi connectivity index (χ3n) is 3.27. The molecular weight excluding hydrogens is 234 g/mol. The average Bonchev–Trinajstić information content (AvgIpc) is 2.85. The van der Waals surface area contributed by atoms with E-state index in [4.69, 9.17) is 0 Å². The minimum absolute atomic E-state index is 0.473. The number of hydrogen-bond acceptors (Lipinski definition) is 3. The lowest BCUT2D eigenvalue weighted by atomic mass is 10.1. The van der Waals surface area contributed by atoms with Gasteiger partial charge in [-0.25, -0.2) is 0 Å². The molecule has 1 aromatic heterocycles. The van der Waals surface area contributed by atoms with E-state index in [1.807, 2.05) is 11.3 Å². The molecule has 1 saturated heterocycles. The molecule has 16 heavy (non-hydrogen) atoms. The molecule has 0 bridgehead atoms. The standard InChI is InChI=1S/C13H21NS2/c1-10-5-6-12(16-10)11(2)14-9-13(3)7-4-8-15-13/h5-6,11,14H,4,7-9H2,1-3H3. The highest BCUT2D eigenvalue weighted by Crippen LogP contribution is 2.37. The van der Waals surface area contributed by atoms with Crippen molar-refractivity contribution in [1.82, 2.24) is 5.32 Å². The normalized spacial score (nSPS) is 27.2. The fraction of sp³-hybridized carbons (Fsp3) is 0.692. The summed E-state index contributed by atoms with van der Waals surface area (Å²) in [6.45, 7) is 7.98. The monoisotopic (exact) mass is 255 g/mol. The molecule has 0 spiro atoms. The Morgan fingerprint density at radius 3 is 2.88 bits per heavy atom. The molecule has 2 heterocycles. The molecule has 1 aromatic rings. The fourth-order valence-corrected chi connectivity index (χ4v) is 4.29. The molecule has 1 fully saturated rings. The Labute approximate surface area is 107 Å². The first-order valence-electron chi connectivity index (χ1n) is 6.03. The van der Waals surface area contributed by atoms with Crippen LogP contribution in [0.25, 0.3) is 0 Å². The van der Waals surface area contributed by atoms with Gasteiger partial charge in [-0.15, -0.1) is 11.3 Å². The van der Waals surface area contributed by atoms with Crippen LogP contribution in [-0.2, 0) is 0 Å². The van der Waals surface area contributed by atoms with Crippen LogP contribution in [0.2, 0.25) is 0 Å². The highest BCUT2D eigenvalue weighted by atomic mass is 32.2. The Morgan fingerprint density at radius 1 is 1.50 bits per heavy atom. The predicted molar refractivity (Wildman–Crippen MR) is 75.6 cm³/mol. The molecular formula is C13H21NS2. The Hall–Kier alpha value is 0.01000. The maximum absolute atomic E-state index is 3.68. The molecule has 2 unspecified atom stereocenters. The molecule has 0 radical (unpaired) electrons. The van der Waals surface area contributed by atoms with E-state index in [-0.39, 0.29) is 0 Å². The maximum Gasteiger partial charge on any atom is 0.0386 e. The lowest BCUT2D eigenvalue weighted by molar-refractivity contribution is 0.494. The zero-order valence-electron chi connectivity index (χ0n) is 10.4. The molecule has 2 atom stereocenters.